The fraction of sp³-hybridized carbons (Fsp3) is 0.667. The molecule has 1 aromatic rings. The van der Waals surface area contributed by atoms with Crippen LogP contribution in [0.15, 0.2) is 12.1 Å². The van der Waals surface area contributed by atoms with Gasteiger partial charge in [0.15, 0.2) is 11.5 Å². The van der Waals surface area contributed by atoms with Gasteiger partial charge in [0.05, 0.1) is 12.2 Å². The second kappa shape index (κ2) is 4.85. The zero-order valence-electron chi connectivity index (χ0n) is 13.2. The molecule has 2 saturated carbocycles. The van der Waals surface area contributed by atoms with Crippen molar-refractivity contribution in [3.05, 3.63) is 23.3 Å². The van der Waals surface area contributed by atoms with Crippen LogP contribution in [0.4, 0.5) is 0 Å². The average molecular weight is 320 g/mol. The van der Waals surface area contributed by atoms with Gasteiger partial charge >= 0.3 is 0 Å². The van der Waals surface area contributed by atoms with Gasteiger partial charge in [-0.2, -0.15) is 0 Å². The van der Waals surface area contributed by atoms with E-state index in [9.17, 15) is 25.5 Å². The Morgan fingerprint density at radius 3 is 2.43 bits per heavy atom. The molecular formula is C18H24O5. The topological polar surface area (TPSA) is 101 Å². The first-order valence-corrected chi connectivity index (χ1v) is 8.43. The van der Waals surface area contributed by atoms with Crippen LogP contribution in [0.25, 0.3) is 0 Å². The van der Waals surface area contributed by atoms with E-state index in [1.807, 2.05) is 6.92 Å². The van der Waals surface area contributed by atoms with Gasteiger partial charge in [-0.15, -0.1) is 0 Å². The number of phenols is 2. The predicted molar refractivity (Wildman–Crippen MR) is 83.2 cm³/mol. The summed E-state index contributed by atoms with van der Waals surface area (Å²) >= 11 is 0. The Bertz CT molecular complexity index is 645. The third-order valence-corrected chi connectivity index (χ3v) is 6.83. The maximum absolute atomic E-state index is 10.5. The number of aryl methyl sites for hydroxylation is 1. The molecule has 4 rings (SSSR count). The monoisotopic (exact) mass is 320 g/mol. The number of aliphatic hydroxyl groups excluding tert-OH is 3. The van der Waals surface area contributed by atoms with Crippen molar-refractivity contribution < 1.29 is 25.5 Å². The predicted octanol–water partition coefficient (Wildman–Crippen LogP) is 1.26. The summed E-state index contributed by atoms with van der Waals surface area (Å²) in [5.74, 6) is 0.0252. The lowest BCUT2D eigenvalue weighted by atomic mass is 9.55. The Morgan fingerprint density at radius 2 is 1.70 bits per heavy atom. The van der Waals surface area contributed by atoms with Crippen molar-refractivity contribution in [1.29, 1.82) is 0 Å². The van der Waals surface area contributed by atoms with Crippen molar-refractivity contribution in [2.24, 2.45) is 17.3 Å². The van der Waals surface area contributed by atoms with E-state index in [4.69, 9.17) is 0 Å². The van der Waals surface area contributed by atoms with Gasteiger partial charge in [0.25, 0.3) is 0 Å². The largest absolute Gasteiger partial charge is 0.504 e. The summed E-state index contributed by atoms with van der Waals surface area (Å²) in [7, 11) is 0. The zero-order chi connectivity index (χ0) is 16.5. The number of fused-ring (bicyclic) bond motifs is 5. The third kappa shape index (κ3) is 1.90. The van der Waals surface area contributed by atoms with E-state index in [2.05, 4.69) is 0 Å². The van der Waals surface area contributed by atoms with Crippen molar-refractivity contribution in [2.75, 3.05) is 0 Å². The Hall–Kier alpha value is -1.30. The molecule has 3 aliphatic rings. The molecule has 23 heavy (non-hydrogen) atoms. The summed E-state index contributed by atoms with van der Waals surface area (Å²) in [5, 5.41) is 50.7. The molecular weight excluding hydrogens is 296 g/mol. The summed E-state index contributed by atoms with van der Waals surface area (Å²) in [4.78, 5) is 0. The van der Waals surface area contributed by atoms with Crippen LogP contribution in [0.1, 0.15) is 43.2 Å². The van der Waals surface area contributed by atoms with Crippen LogP contribution in [-0.2, 0) is 6.42 Å². The summed E-state index contributed by atoms with van der Waals surface area (Å²) in [6.07, 6.45) is 0.334. The van der Waals surface area contributed by atoms with E-state index in [1.54, 1.807) is 12.1 Å². The van der Waals surface area contributed by atoms with Crippen molar-refractivity contribution in [3.8, 4) is 11.5 Å². The SMILES string of the molecule is C[C@]12CC[C@@H]3c4cc(O)c(O)cc4CC[C@H]3[C@@H]1C(O)C(O)C2O. The Balaban J connectivity index is 1.76. The second-order valence-corrected chi connectivity index (χ2v) is 7.85. The van der Waals surface area contributed by atoms with Crippen molar-refractivity contribution in [3.63, 3.8) is 0 Å². The number of hydrogen-bond donors (Lipinski definition) is 5. The van der Waals surface area contributed by atoms with E-state index in [1.165, 1.54) is 0 Å². The molecule has 3 aliphatic carbocycles. The smallest absolute Gasteiger partial charge is 0.157 e. The minimum atomic E-state index is -1.08. The second-order valence-electron chi connectivity index (χ2n) is 7.85. The van der Waals surface area contributed by atoms with E-state index >= 15 is 0 Å². The van der Waals surface area contributed by atoms with Crippen molar-refractivity contribution in [1.82, 2.24) is 0 Å². The van der Waals surface area contributed by atoms with Crippen LogP contribution in [0, 0.1) is 17.3 Å². The molecule has 0 saturated heterocycles. The molecule has 2 fully saturated rings. The van der Waals surface area contributed by atoms with E-state index in [0.29, 0.717) is 0 Å². The number of phenolic OH excluding ortho intramolecular Hbond substituents is 2. The maximum atomic E-state index is 10.5. The molecule has 7 atom stereocenters. The van der Waals surface area contributed by atoms with Gasteiger partial charge in [0.1, 0.15) is 6.10 Å². The number of hydrogen-bond acceptors (Lipinski definition) is 5. The fourth-order valence-corrected chi connectivity index (χ4v) is 5.65. The number of rotatable bonds is 0. The molecule has 3 unspecified atom stereocenters. The van der Waals surface area contributed by atoms with Crippen LogP contribution in [0.3, 0.4) is 0 Å². The first-order valence-electron chi connectivity index (χ1n) is 8.43. The van der Waals surface area contributed by atoms with Gasteiger partial charge in [-0.3, -0.25) is 0 Å². The van der Waals surface area contributed by atoms with Crippen LogP contribution >= 0.6 is 0 Å². The maximum Gasteiger partial charge on any atom is 0.157 e. The van der Waals surface area contributed by atoms with E-state index in [0.717, 1.165) is 36.8 Å². The fourth-order valence-electron chi connectivity index (χ4n) is 5.65. The Morgan fingerprint density at radius 1 is 1.00 bits per heavy atom. The molecule has 0 radical (unpaired) electrons. The van der Waals surface area contributed by atoms with Gasteiger partial charge in [-0.1, -0.05) is 6.92 Å². The first kappa shape index (κ1) is 15.2. The zero-order valence-corrected chi connectivity index (χ0v) is 13.2. The van der Waals surface area contributed by atoms with Crippen LogP contribution in [0.5, 0.6) is 11.5 Å². The highest BCUT2D eigenvalue weighted by Crippen LogP contribution is 2.61. The third-order valence-electron chi connectivity index (χ3n) is 6.83. The van der Waals surface area contributed by atoms with Gasteiger partial charge in [-0.25, -0.2) is 0 Å². The lowest BCUT2D eigenvalue weighted by Gasteiger charge is -2.50. The first-order chi connectivity index (χ1) is 10.8. The number of aliphatic hydroxyl groups is 3. The number of aromatic hydroxyl groups is 2. The highest BCUT2D eigenvalue weighted by molar-refractivity contribution is 5.48. The van der Waals surface area contributed by atoms with E-state index < -0.39 is 23.7 Å². The quantitative estimate of drug-likeness (QED) is 0.463. The molecule has 5 nitrogen and oxygen atoms in total. The molecule has 1 aromatic carbocycles. The highest BCUT2D eigenvalue weighted by atomic mass is 16.4. The van der Waals surface area contributed by atoms with Gasteiger partial charge in [-0.05, 0) is 66.7 Å². The Labute approximate surface area is 135 Å². The Kier molecular flexibility index (Phi) is 3.21. The normalized spacial score (nSPS) is 45.2. The molecule has 0 heterocycles. The average Bonchev–Trinajstić information content (AvgIpc) is 2.69. The molecule has 5 N–H and O–H groups in total. The summed E-state index contributed by atoms with van der Waals surface area (Å²) in [5.41, 5.74) is 1.64. The van der Waals surface area contributed by atoms with Crippen LogP contribution in [-0.4, -0.2) is 43.8 Å². The van der Waals surface area contributed by atoms with Gasteiger partial charge in [0.2, 0.25) is 0 Å². The lowest BCUT2D eigenvalue weighted by Crippen LogP contribution is -2.46. The van der Waals surface area contributed by atoms with Crippen LogP contribution in [0.2, 0.25) is 0 Å². The molecule has 0 aliphatic heterocycles. The standard InChI is InChI=1S/C18H24O5/c1-18-5-4-9-10(14(18)15(21)16(22)17(18)23)3-2-8-6-12(19)13(20)7-11(8)9/h6-7,9-10,14-17,19-23H,2-5H2,1H3/t9-,10+,14+,15?,16?,17?,18-/m0/s1. The summed E-state index contributed by atoms with van der Waals surface area (Å²) in [6, 6.07) is 3.29. The molecule has 0 bridgehead atoms. The molecule has 5 heteroatoms. The van der Waals surface area contributed by atoms with Crippen molar-refractivity contribution >= 4 is 0 Å². The summed E-state index contributed by atoms with van der Waals surface area (Å²) in [6.45, 7) is 1.97. The van der Waals surface area contributed by atoms with Crippen LogP contribution < -0.4 is 0 Å². The highest BCUT2D eigenvalue weighted by Gasteiger charge is 2.62. The van der Waals surface area contributed by atoms with Gasteiger partial charge in [0, 0.05) is 5.41 Å². The molecule has 126 valence electrons. The summed E-state index contributed by atoms with van der Waals surface area (Å²) < 4.78 is 0. The number of benzene rings is 1. The van der Waals surface area contributed by atoms with E-state index in [-0.39, 0.29) is 29.3 Å². The minimum absolute atomic E-state index is 0.0883. The molecule has 0 spiro atoms. The molecule has 0 amide bonds. The van der Waals surface area contributed by atoms with Crippen molar-refractivity contribution in [2.45, 2.75) is 56.8 Å². The lowest BCUT2D eigenvalue weighted by molar-refractivity contribution is -0.0505. The molecule has 0 aromatic heterocycles. The minimum Gasteiger partial charge on any atom is -0.504 e. The van der Waals surface area contributed by atoms with Gasteiger partial charge < -0.3 is 25.5 Å².